The van der Waals surface area contributed by atoms with Crippen LogP contribution in [0.5, 0.6) is 0 Å². The minimum atomic E-state index is 0.285. The van der Waals surface area contributed by atoms with Crippen LogP contribution in [0.1, 0.15) is 46.0 Å². The Labute approximate surface area is 98.3 Å². The molecule has 0 aromatic heterocycles. The number of amidine groups is 1. The van der Waals surface area contributed by atoms with Crippen LogP contribution in [0.4, 0.5) is 0 Å². The van der Waals surface area contributed by atoms with Gasteiger partial charge in [0.1, 0.15) is 5.84 Å². The van der Waals surface area contributed by atoms with Crippen molar-refractivity contribution in [3.05, 3.63) is 0 Å². The maximum atomic E-state index is 8.47. The van der Waals surface area contributed by atoms with E-state index in [1.807, 2.05) is 0 Å². The molecule has 3 unspecified atom stereocenters. The summed E-state index contributed by atoms with van der Waals surface area (Å²) in [5, 5.41) is 14.9. The molecule has 0 heterocycles. The van der Waals surface area contributed by atoms with Crippen molar-refractivity contribution in [2.75, 3.05) is 6.54 Å². The van der Waals surface area contributed by atoms with Crippen molar-refractivity contribution < 1.29 is 5.21 Å². The van der Waals surface area contributed by atoms with Crippen LogP contribution in [0.15, 0.2) is 5.16 Å². The number of hydrogen-bond donors (Lipinski definition) is 3. The van der Waals surface area contributed by atoms with Gasteiger partial charge in [-0.25, -0.2) is 0 Å². The van der Waals surface area contributed by atoms with Crippen molar-refractivity contribution >= 4 is 5.84 Å². The molecule has 4 N–H and O–H groups in total. The van der Waals surface area contributed by atoms with Gasteiger partial charge in [-0.15, -0.1) is 0 Å². The Morgan fingerprint density at radius 1 is 1.56 bits per heavy atom. The summed E-state index contributed by atoms with van der Waals surface area (Å²) in [6.07, 6.45) is 6.04. The van der Waals surface area contributed by atoms with Gasteiger partial charge in [0.05, 0.1) is 0 Å². The molecule has 1 aliphatic carbocycles. The van der Waals surface area contributed by atoms with Gasteiger partial charge in [-0.1, -0.05) is 24.9 Å². The van der Waals surface area contributed by atoms with Crippen LogP contribution < -0.4 is 11.1 Å². The minimum absolute atomic E-state index is 0.285. The van der Waals surface area contributed by atoms with Gasteiger partial charge >= 0.3 is 0 Å². The zero-order chi connectivity index (χ0) is 12.0. The highest BCUT2D eigenvalue weighted by Gasteiger charge is 2.19. The average molecular weight is 227 g/mol. The summed E-state index contributed by atoms with van der Waals surface area (Å²) in [4.78, 5) is 0. The summed E-state index contributed by atoms with van der Waals surface area (Å²) in [5.74, 6) is 1.98. The molecule has 0 bridgehead atoms. The van der Waals surface area contributed by atoms with E-state index in [9.17, 15) is 0 Å². The lowest BCUT2D eigenvalue weighted by atomic mass is 9.82. The van der Waals surface area contributed by atoms with Gasteiger partial charge in [0, 0.05) is 12.5 Å². The van der Waals surface area contributed by atoms with E-state index in [2.05, 4.69) is 24.3 Å². The second kappa shape index (κ2) is 6.74. The lowest BCUT2D eigenvalue weighted by Crippen LogP contribution is -2.35. The lowest BCUT2D eigenvalue weighted by molar-refractivity contribution is 0.268. The summed E-state index contributed by atoms with van der Waals surface area (Å²) >= 11 is 0. The molecule has 0 aliphatic heterocycles. The van der Waals surface area contributed by atoms with Crippen molar-refractivity contribution in [1.82, 2.24) is 5.32 Å². The number of hydrogen-bond acceptors (Lipinski definition) is 3. The van der Waals surface area contributed by atoms with Crippen molar-refractivity contribution in [1.29, 1.82) is 0 Å². The van der Waals surface area contributed by atoms with Gasteiger partial charge in [-0.05, 0) is 38.1 Å². The van der Waals surface area contributed by atoms with E-state index in [4.69, 9.17) is 10.9 Å². The molecular weight excluding hydrogens is 202 g/mol. The Bertz CT molecular complexity index is 230. The highest BCUT2D eigenvalue weighted by Crippen LogP contribution is 2.27. The molecule has 16 heavy (non-hydrogen) atoms. The number of nitrogens with one attached hydrogen (secondary N) is 1. The summed E-state index contributed by atoms with van der Waals surface area (Å²) in [5.41, 5.74) is 5.46. The topological polar surface area (TPSA) is 70.6 Å². The predicted octanol–water partition coefficient (Wildman–Crippen LogP) is 1.93. The molecule has 0 amide bonds. The first kappa shape index (κ1) is 13.3. The second-order valence-corrected chi connectivity index (χ2v) is 5.24. The highest BCUT2D eigenvalue weighted by molar-refractivity contribution is 5.80. The van der Waals surface area contributed by atoms with Crippen molar-refractivity contribution in [3.63, 3.8) is 0 Å². The maximum absolute atomic E-state index is 8.47. The van der Waals surface area contributed by atoms with Crippen LogP contribution in [-0.4, -0.2) is 23.6 Å². The van der Waals surface area contributed by atoms with Gasteiger partial charge < -0.3 is 16.3 Å². The second-order valence-electron chi connectivity index (χ2n) is 5.24. The van der Waals surface area contributed by atoms with Crippen LogP contribution in [-0.2, 0) is 0 Å². The van der Waals surface area contributed by atoms with Crippen LogP contribution in [0.3, 0.4) is 0 Å². The summed E-state index contributed by atoms with van der Waals surface area (Å²) in [6, 6.07) is 0.285. The summed E-state index contributed by atoms with van der Waals surface area (Å²) in [7, 11) is 0. The molecule has 1 rings (SSSR count). The Hall–Kier alpha value is -0.770. The van der Waals surface area contributed by atoms with Gasteiger partial charge in [0.15, 0.2) is 0 Å². The number of rotatable bonds is 5. The molecule has 0 saturated heterocycles. The zero-order valence-electron chi connectivity index (χ0n) is 10.4. The third-order valence-electron chi connectivity index (χ3n) is 3.44. The van der Waals surface area contributed by atoms with E-state index >= 15 is 0 Å². The van der Waals surface area contributed by atoms with E-state index in [0.717, 1.165) is 18.4 Å². The van der Waals surface area contributed by atoms with Crippen LogP contribution in [0.25, 0.3) is 0 Å². The van der Waals surface area contributed by atoms with E-state index < -0.39 is 0 Å². The molecule has 0 spiro atoms. The maximum Gasteiger partial charge on any atom is 0.140 e. The molecular formula is C12H25N3O. The quantitative estimate of drug-likeness (QED) is 0.291. The SMILES string of the molecule is CC1CCCC(CNC(C)CC(N)=NO)C1. The monoisotopic (exact) mass is 227 g/mol. The predicted molar refractivity (Wildman–Crippen MR) is 66.6 cm³/mol. The highest BCUT2D eigenvalue weighted by atomic mass is 16.4. The molecule has 1 saturated carbocycles. The average Bonchev–Trinajstić information content (AvgIpc) is 2.26. The molecule has 1 fully saturated rings. The van der Waals surface area contributed by atoms with E-state index in [0.29, 0.717) is 12.3 Å². The van der Waals surface area contributed by atoms with Gasteiger partial charge in [0.2, 0.25) is 0 Å². The molecule has 4 nitrogen and oxygen atoms in total. The number of oxime groups is 1. The number of nitrogens with two attached hydrogens (primary N) is 1. The Morgan fingerprint density at radius 3 is 2.94 bits per heavy atom. The van der Waals surface area contributed by atoms with Gasteiger partial charge in [-0.3, -0.25) is 0 Å². The first-order valence-electron chi connectivity index (χ1n) is 6.31. The van der Waals surface area contributed by atoms with E-state index in [1.54, 1.807) is 0 Å². The molecule has 0 radical (unpaired) electrons. The molecule has 0 aromatic rings. The Kier molecular flexibility index (Phi) is 5.60. The fraction of sp³-hybridized carbons (Fsp3) is 0.917. The first-order valence-corrected chi connectivity index (χ1v) is 6.31. The van der Waals surface area contributed by atoms with Crippen LogP contribution >= 0.6 is 0 Å². The van der Waals surface area contributed by atoms with Crippen molar-refractivity contribution in [2.24, 2.45) is 22.7 Å². The molecule has 0 aromatic carbocycles. The normalized spacial score (nSPS) is 29.0. The standard InChI is InChI=1S/C12H25N3O/c1-9-4-3-5-11(6-9)8-14-10(2)7-12(13)15-16/h9-11,14,16H,3-8H2,1-2H3,(H2,13,15). The van der Waals surface area contributed by atoms with Crippen LogP contribution in [0.2, 0.25) is 0 Å². The third-order valence-corrected chi connectivity index (χ3v) is 3.44. The zero-order valence-corrected chi connectivity index (χ0v) is 10.4. The molecule has 94 valence electrons. The lowest BCUT2D eigenvalue weighted by Gasteiger charge is -2.28. The molecule has 1 aliphatic rings. The van der Waals surface area contributed by atoms with Crippen molar-refractivity contribution in [2.45, 2.75) is 52.0 Å². The fourth-order valence-corrected chi connectivity index (χ4v) is 2.54. The third kappa shape index (κ3) is 4.84. The van der Waals surface area contributed by atoms with Gasteiger partial charge in [-0.2, -0.15) is 0 Å². The molecule has 3 atom stereocenters. The first-order chi connectivity index (χ1) is 7.61. The van der Waals surface area contributed by atoms with Crippen LogP contribution in [0, 0.1) is 11.8 Å². The minimum Gasteiger partial charge on any atom is -0.409 e. The summed E-state index contributed by atoms with van der Waals surface area (Å²) < 4.78 is 0. The Morgan fingerprint density at radius 2 is 2.31 bits per heavy atom. The van der Waals surface area contributed by atoms with Gasteiger partial charge in [0.25, 0.3) is 0 Å². The summed E-state index contributed by atoms with van der Waals surface area (Å²) in [6.45, 7) is 5.47. The fourth-order valence-electron chi connectivity index (χ4n) is 2.54. The van der Waals surface area contributed by atoms with Crippen molar-refractivity contribution in [3.8, 4) is 0 Å². The largest absolute Gasteiger partial charge is 0.409 e. The van der Waals surface area contributed by atoms with E-state index in [1.165, 1.54) is 25.7 Å². The molecule has 4 heteroatoms. The smallest absolute Gasteiger partial charge is 0.140 e. The van der Waals surface area contributed by atoms with E-state index in [-0.39, 0.29) is 6.04 Å². The number of nitrogens with zero attached hydrogens (tertiary/aromatic N) is 1. The Balaban J connectivity index is 2.18.